The molecule has 0 radical (unpaired) electrons. The maximum absolute atomic E-state index is 12.4. The fourth-order valence-electron chi connectivity index (χ4n) is 1.58. The average molecular weight is 356 g/mol. The third-order valence-electron chi connectivity index (χ3n) is 2.50. The molecule has 1 aromatic rings. The highest BCUT2D eigenvalue weighted by atomic mass is 79.9. The first-order chi connectivity index (χ1) is 8.43. The Morgan fingerprint density at radius 2 is 2.11 bits per heavy atom. The molecule has 0 bridgehead atoms. The molecule has 0 aliphatic heterocycles. The molecule has 1 aromatic heterocycles. The van der Waals surface area contributed by atoms with Crippen molar-refractivity contribution < 1.29 is 13.2 Å². The first kappa shape index (κ1) is 16.1. The molecule has 0 unspecified atom stereocenters. The Balaban J connectivity index is 2.92. The molecule has 0 aromatic carbocycles. The summed E-state index contributed by atoms with van der Waals surface area (Å²) in [7, 11) is -3.41. The summed E-state index contributed by atoms with van der Waals surface area (Å²) in [4.78, 5) is 1.19. The third-order valence-corrected chi connectivity index (χ3v) is 6.28. The van der Waals surface area contributed by atoms with Gasteiger partial charge in [0, 0.05) is 24.6 Å². The van der Waals surface area contributed by atoms with Crippen molar-refractivity contribution in [2.45, 2.75) is 25.7 Å². The number of nitrogens with zero attached hydrogens (tertiary/aromatic N) is 1. The quantitative estimate of drug-likeness (QED) is 0.706. The lowest BCUT2D eigenvalue weighted by Gasteiger charge is -2.20. The van der Waals surface area contributed by atoms with Crippen LogP contribution in [0.15, 0.2) is 14.7 Å². The van der Waals surface area contributed by atoms with Gasteiger partial charge in [-0.1, -0.05) is 6.92 Å². The summed E-state index contributed by atoms with van der Waals surface area (Å²) in [5.41, 5.74) is 0. The maximum atomic E-state index is 12.4. The van der Waals surface area contributed by atoms with Crippen molar-refractivity contribution in [2.75, 3.05) is 26.3 Å². The second kappa shape index (κ2) is 7.00. The molecule has 0 fully saturated rings. The van der Waals surface area contributed by atoms with E-state index in [4.69, 9.17) is 4.74 Å². The normalized spacial score (nSPS) is 12.3. The summed E-state index contributed by atoms with van der Waals surface area (Å²) in [6.07, 6.45) is 0. The van der Waals surface area contributed by atoms with Crippen LogP contribution in [0.25, 0.3) is 0 Å². The SMILES string of the molecule is CCOCCN(CC)S(=O)(=O)c1cc(Br)sc1C. The number of hydrogen-bond donors (Lipinski definition) is 0. The lowest BCUT2D eigenvalue weighted by Crippen LogP contribution is -2.34. The van der Waals surface area contributed by atoms with Gasteiger partial charge in [0.1, 0.15) is 0 Å². The van der Waals surface area contributed by atoms with Gasteiger partial charge in [0.05, 0.1) is 15.3 Å². The number of sulfonamides is 1. The molecule has 0 saturated carbocycles. The van der Waals surface area contributed by atoms with Crippen molar-refractivity contribution in [3.05, 3.63) is 14.7 Å². The molecule has 0 aliphatic rings. The zero-order valence-electron chi connectivity index (χ0n) is 10.8. The lowest BCUT2D eigenvalue weighted by molar-refractivity contribution is 0.135. The molecule has 1 heterocycles. The van der Waals surface area contributed by atoms with Crippen LogP contribution in [0.3, 0.4) is 0 Å². The van der Waals surface area contributed by atoms with Crippen molar-refractivity contribution in [1.29, 1.82) is 0 Å². The molecule has 18 heavy (non-hydrogen) atoms. The number of aryl methyl sites for hydroxylation is 1. The Labute approximate surface area is 121 Å². The van der Waals surface area contributed by atoms with Gasteiger partial charge in [-0.3, -0.25) is 0 Å². The number of thiophene rings is 1. The minimum Gasteiger partial charge on any atom is -0.380 e. The topological polar surface area (TPSA) is 46.6 Å². The molecule has 0 atom stereocenters. The van der Waals surface area contributed by atoms with E-state index in [9.17, 15) is 8.42 Å². The van der Waals surface area contributed by atoms with Crippen molar-refractivity contribution in [3.63, 3.8) is 0 Å². The zero-order valence-corrected chi connectivity index (χ0v) is 14.0. The third kappa shape index (κ3) is 3.77. The summed E-state index contributed by atoms with van der Waals surface area (Å²) in [6.45, 7) is 7.40. The predicted molar refractivity (Wildman–Crippen MR) is 77.7 cm³/mol. The van der Waals surface area contributed by atoms with Crippen LogP contribution in [-0.2, 0) is 14.8 Å². The molecule has 0 amide bonds. The lowest BCUT2D eigenvalue weighted by atomic mass is 10.5. The summed E-state index contributed by atoms with van der Waals surface area (Å²) < 4.78 is 32.4. The van der Waals surface area contributed by atoms with E-state index >= 15 is 0 Å². The van der Waals surface area contributed by atoms with Gasteiger partial charge in [0.2, 0.25) is 10.0 Å². The Morgan fingerprint density at radius 1 is 1.44 bits per heavy atom. The number of hydrogen-bond acceptors (Lipinski definition) is 4. The van der Waals surface area contributed by atoms with E-state index in [1.165, 1.54) is 15.6 Å². The molecule has 0 saturated heterocycles. The zero-order chi connectivity index (χ0) is 13.8. The Hall–Kier alpha value is 0.0500. The highest BCUT2D eigenvalue weighted by Gasteiger charge is 2.26. The van der Waals surface area contributed by atoms with Gasteiger partial charge in [-0.15, -0.1) is 11.3 Å². The molecule has 4 nitrogen and oxygen atoms in total. The van der Waals surface area contributed by atoms with Crippen molar-refractivity contribution in [1.82, 2.24) is 4.31 Å². The fraction of sp³-hybridized carbons (Fsp3) is 0.636. The van der Waals surface area contributed by atoms with E-state index in [0.29, 0.717) is 31.2 Å². The van der Waals surface area contributed by atoms with Crippen LogP contribution >= 0.6 is 27.3 Å². The first-order valence-electron chi connectivity index (χ1n) is 5.77. The molecule has 1 rings (SSSR count). The van der Waals surface area contributed by atoms with Gasteiger partial charge >= 0.3 is 0 Å². The number of halogens is 1. The van der Waals surface area contributed by atoms with E-state index in [0.717, 1.165) is 8.66 Å². The summed E-state index contributed by atoms with van der Waals surface area (Å²) in [5.74, 6) is 0. The molecule has 0 aliphatic carbocycles. The minimum absolute atomic E-state index is 0.387. The van der Waals surface area contributed by atoms with Crippen LogP contribution in [0, 0.1) is 6.92 Å². The number of likely N-dealkylation sites (N-methyl/N-ethyl adjacent to an activating group) is 1. The molecule has 104 valence electrons. The van der Waals surface area contributed by atoms with Gasteiger partial charge in [-0.05, 0) is 35.8 Å². The molecule has 7 heteroatoms. The van der Waals surface area contributed by atoms with Crippen LogP contribution in [0.5, 0.6) is 0 Å². The van der Waals surface area contributed by atoms with Crippen molar-refractivity contribution in [3.8, 4) is 0 Å². The van der Waals surface area contributed by atoms with E-state index in [-0.39, 0.29) is 0 Å². The van der Waals surface area contributed by atoms with Gasteiger partial charge in [0.15, 0.2) is 0 Å². The van der Waals surface area contributed by atoms with E-state index in [1.807, 2.05) is 20.8 Å². The van der Waals surface area contributed by atoms with Gasteiger partial charge in [-0.25, -0.2) is 8.42 Å². The standard InChI is InChI=1S/C11H18BrNO3S2/c1-4-13(6-7-16-5-2)18(14,15)10-8-11(12)17-9(10)3/h8H,4-7H2,1-3H3. The smallest absolute Gasteiger partial charge is 0.244 e. The monoisotopic (exact) mass is 355 g/mol. The summed E-state index contributed by atoms with van der Waals surface area (Å²) in [6, 6.07) is 1.67. The van der Waals surface area contributed by atoms with Gasteiger partial charge in [-0.2, -0.15) is 4.31 Å². The minimum atomic E-state index is -3.41. The molecular formula is C11H18BrNO3S2. The Morgan fingerprint density at radius 3 is 2.56 bits per heavy atom. The van der Waals surface area contributed by atoms with E-state index in [1.54, 1.807) is 6.07 Å². The predicted octanol–water partition coefficient (Wildman–Crippen LogP) is 2.87. The van der Waals surface area contributed by atoms with E-state index < -0.39 is 10.0 Å². The first-order valence-corrected chi connectivity index (χ1v) is 8.82. The average Bonchev–Trinajstić information content (AvgIpc) is 2.64. The largest absolute Gasteiger partial charge is 0.380 e. The summed E-state index contributed by atoms with van der Waals surface area (Å²) in [5, 5.41) is 0. The molecule has 0 N–H and O–H groups in total. The highest BCUT2D eigenvalue weighted by molar-refractivity contribution is 9.11. The van der Waals surface area contributed by atoms with Gasteiger partial charge in [0.25, 0.3) is 0 Å². The van der Waals surface area contributed by atoms with Crippen molar-refractivity contribution >= 4 is 37.3 Å². The van der Waals surface area contributed by atoms with Crippen LogP contribution in [0.2, 0.25) is 0 Å². The van der Waals surface area contributed by atoms with Crippen LogP contribution in [0.4, 0.5) is 0 Å². The number of rotatable bonds is 7. The van der Waals surface area contributed by atoms with Crippen LogP contribution < -0.4 is 0 Å². The second-order valence-electron chi connectivity index (χ2n) is 3.66. The Bertz CT molecular complexity index is 484. The highest BCUT2D eigenvalue weighted by Crippen LogP contribution is 2.31. The molecular weight excluding hydrogens is 338 g/mol. The van der Waals surface area contributed by atoms with Crippen LogP contribution in [-0.4, -0.2) is 39.0 Å². The second-order valence-corrected chi connectivity index (χ2v) is 8.21. The molecule has 0 spiro atoms. The van der Waals surface area contributed by atoms with Crippen LogP contribution in [0.1, 0.15) is 18.7 Å². The van der Waals surface area contributed by atoms with Gasteiger partial charge < -0.3 is 4.74 Å². The fourth-order valence-corrected chi connectivity index (χ4v) is 5.40. The Kier molecular flexibility index (Phi) is 6.26. The van der Waals surface area contributed by atoms with Crippen molar-refractivity contribution in [2.24, 2.45) is 0 Å². The summed E-state index contributed by atoms with van der Waals surface area (Å²) >= 11 is 4.75. The van der Waals surface area contributed by atoms with E-state index in [2.05, 4.69) is 15.9 Å². The maximum Gasteiger partial charge on any atom is 0.244 e. The number of ether oxygens (including phenoxy) is 1.